The monoisotopic (exact) mass is 284 g/mol. The number of methoxy groups -OCH3 is 1. The molecule has 0 aliphatic carbocycles. The molecule has 0 aromatic rings. The Kier molecular flexibility index (Phi) is 6.96. The second-order valence-corrected chi connectivity index (χ2v) is 6.53. The largest absolute Gasteiger partial charge is 0.385 e. The van der Waals surface area contributed by atoms with Gasteiger partial charge in [0.15, 0.2) is 0 Å². The normalized spacial score (nSPS) is 23.7. The van der Waals surface area contributed by atoms with Gasteiger partial charge in [-0.15, -0.1) is 0 Å². The van der Waals surface area contributed by atoms with Crippen LogP contribution in [-0.2, 0) is 4.74 Å². The quantitative estimate of drug-likeness (QED) is 0.739. The summed E-state index contributed by atoms with van der Waals surface area (Å²) in [4.78, 5) is 2.79. The molecular formula is C17H36N2O. The van der Waals surface area contributed by atoms with Gasteiger partial charge >= 0.3 is 0 Å². The van der Waals surface area contributed by atoms with Crippen LogP contribution in [0.25, 0.3) is 0 Å². The maximum Gasteiger partial charge on any atom is 0.0477 e. The Morgan fingerprint density at radius 1 is 1.10 bits per heavy atom. The van der Waals surface area contributed by atoms with Gasteiger partial charge < -0.3 is 10.1 Å². The van der Waals surface area contributed by atoms with Gasteiger partial charge in [0.25, 0.3) is 0 Å². The summed E-state index contributed by atoms with van der Waals surface area (Å²) in [5.41, 5.74) is 0.621. The second kappa shape index (κ2) is 7.77. The molecule has 3 heteroatoms. The molecule has 0 bridgehead atoms. The number of hydrogen-bond acceptors (Lipinski definition) is 3. The number of nitrogens with zero attached hydrogens (tertiary/aromatic N) is 1. The Labute approximate surface area is 126 Å². The predicted molar refractivity (Wildman–Crippen MR) is 87.3 cm³/mol. The van der Waals surface area contributed by atoms with Crippen molar-refractivity contribution in [3.05, 3.63) is 0 Å². The highest BCUT2D eigenvalue weighted by Crippen LogP contribution is 2.35. The van der Waals surface area contributed by atoms with Crippen LogP contribution >= 0.6 is 0 Å². The zero-order valence-electron chi connectivity index (χ0n) is 14.6. The highest BCUT2D eigenvalue weighted by atomic mass is 16.5. The molecule has 3 nitrogen and oxygen atoms in total. The zero-order valence-corrected chi connectivity index (χ0v) is 14.6. The fourth-order valence-electron chi connectivity index (χ4n) is 3.70. The first-order valence-electron chi connectivity index (χ1n) is 8.53. The summed E-state index contributed by atoms with van der Waals surface area (Å²) < 4.78 is 5.30. The third kappa shape index (κ3) is 3.55. The number of ether oxygens (including phenoxy) is 1. The minimum atomic E-state index is 0.301. The van der Waals surface area contributed by atoms with E-state index < -0.39 is 0 Å². The van der Waals surface area contributed by atoms with Gasteiger partial charge in [0.2, 0.25) is 0 Å². The van der Waals surface area contributed by atoms with Gasteiger partial charge in [-0.25, -0.2) is 0 Å². The molecule has 0 spiro atoms. The van der Waals surface area contributed by atoms with Crippen LogP contribution in [0, 0.1) is 0 Å². The molecule has 1 fully saturated rings. The van der Waals surface area contributed by atoms with Crippen LogP contribution in [0.5, 0.6) is 0 Å². The topological polar surface area (TPSA) is 24.5 Å². The van der Waals surface area contributed by atoms with E-state index in [0.29, 0.717) is 17.1 Å². The van der Waals surface area contributed by atoms with Crippen molar-refractivity contribution in [2.45, 2.75) is 83.8 Å². The van der Waals surface area contributed by atoms with Gasteiger partial charge in [-0.2, -0.15) is 0 Å². The van der Waals surface area contributed by atoms with E-state index in [4.69, 9.17) is 4.74 Å². The Morgan fingerprint density at radius 2 is 1.70 bits per heavy atom. The molecule has 0 saturated carbocycles. The van der Waals surface area contributed by atoms with Crippen LogP contribution < -0.4 is 5.32 Å². The minimum absolute atomic E-state index is 0.301. The number of nitrogens with one attached hydrogen (secondary N) is 1. The Bertz CT molecular complexity index is 272. The summed E-state index contributed by atoms with van der Waals surface area (Å²) in [6.45, 7) is 14.9. The average molecular weight is 284 g/mol. The summed E-state index contributed by atoms with van der Waals surface area (Å²) in [7, 11) is 1.81. The lowest BCUT2D eigenvalue weighted by atomic mass is 9.79. The van der Waals surface area contributed by atoms with Crippen LogP contribution in [0.1, 0.15) is 66.7 Å². The standard InChI is InChI=1S/C17H36N2O/c1-7-16(8-2)14-19(15(5)11-12-20-6)17(9-3,10-4)13-18-16/h15,18H,7-14H2,1-6H3. The third-order valence-electron chi connectivity index (χ3n) is 5.82. The highest BCUT2D eigenvalue weighted by Gasteiger charge is 2.45. The summed E-state index contributed by atoms with van der Waals surface area (Å²) in [5.74, 6) is 0. The van der Waals surface area contributed by atoms with Crippen molar-refractivity contribution in [1.29, 1.82) is 0 Å². The zero-order chi connectivity index (χ0) is 15.2. The van der Waals surface area contributed by atoms with E-state index in [2.05, 4.69) is 44.8 Å². The number of rotatable bonds is 8. The van der Waals surface area contributed by atoms with Crippen molar-refractivity contribution in [2.75, 3.05) is 26.8 Å². The highest BCUT2D eigenvalue weighted by molar-refractivity contribution is 5.05. The van der Waals surface area contributed by atoms with Crippen LogP contribution in [0.15, 0.2) is 0 Å². The Hall–Kier alpha value is -0.120. The van der Waals surface area contributed by atoms with Gasteiger partial charge in [-0.1, -0.05) is 27.7 Å². The lowest BCUT2D eigenvalue weighted by Crippen LogP contribution is -2.71. The maximum absolute atomic E-state index is 5.30. The smallest absolute Gasteiger partial charge is 0.0477 e. The number of piperazine rings is 1. The molecule has 1 rings (SSSR count). The molecule has 1 heterocycles. The molecule has 1 aliphatic heterocycles. The van der Waals surface area contributed by atoms with Crippen molar-refractivity contribution in [3.63, 3.8) is 0 Å². The van der Waals surface area contributed by atoms with Crippen molar-refractivity contribution >= 4 is 0 Å². The van der Waals surface area contributed by atoms with Crippen LogP contribution in [0.3, 0.4) is 0 Å². The van der Waals surface area contributed by atoms with E-state index in [1.165, 1.54) is 32.2 Å². The van der Waals surface area contributed by atoms with Gasteiger partial charge in [0.1, 0.15) is 0 Å². The van der Waals surface area contributed by atoms with Gasteiger partial charge in [-0.05, 0) is 39.0 Å². The van der Waals surface area contributed by atoms with Crippen molar-refractivity contribution in [1.82, 2.24) is 10.2 Å². The summed E-state index contributed by atoms with van der Waals surface area (Å²) >= 11 is 0. The fraction of sp³-hybridized carbons (Fsp3) is 1.00. The van der Waals surface area contributed by atoms with Crippen LogP contribution in [-0.4, -0.2) is 48.8 Å². The SMILES string of the molecule is CCC1(CC)CN(C(C)CCOC)C(CC)(CC)CN1. The maximum atomic E-state index is 5.30. The lowest BCUT2D eigenvalue weighted by molar-refractivity contribution is -0.0373. The van der Waals surface area contributed by atoms with Crippen molar-refractivity contribution in [3.8, 4) is 0 Å². The molecule has 1 atom stereocenters. The van der Waals surface area contributed by atoms with E-state index in [9.17, 15) is 0 Å². The van der Waals surface area contributed by atoms with E-state index in [1.807, 2.05) is 0 Å². The minimum Gasteiger partial charge on any atom is -0.385 e. The molecule has 0 amide bonds. The van der Waals surface area contributed by atoms with Crippen LogP contribution in [0.2, 0.25) is 0 Å². The molecule has 1 N–H and O–H groups in total. The molecule has 0 aromatic heterocycles. The molecular weight excluding hydrogens is 248 g/mol. The van der Waals surface area contributed by atoms with Gasteiger partial charge in [-0.3, -0.25) is 4.90 Å². The Morgan fingerprint density at radius 3 is 2.15 bits per heavy atom. The molecule has 1 unspecified atom stereocenters. The van der Waals surface area contributed by atoms with E-state index in [0.717, 1.165) is 19.6 Å². The first kappa shape index (κ1) is 17.9. The molecule has 1 aliphatic rings. The molecule has 1 saturated heterocycles. The van der Waals surface area contributed by atoms with Gasteiger partial charge in [0.05, 0.1) is 0 Å². The predicted octanol–water partition coefficient (Wildman–Crippen LogP) is 3.43. The molecule has 20 heavy (non-hydrogen) atoms. The molecule has 120 valence electrons. The third-order valence-corrected chi connectivity index (χ3v) is 5.82. The van der Waals surface area contributed by atoms with E-state index in [-0.39, 0.29) is 0 Å². The second-order valence-electron chi connectivity index (χ2n) is 6.53. The van der Waals surface area contributed by atoms with Crippen molar-refractivity contribution in [2.24, 2.45) is 0 Å². The average Bonchev–Trinajstić information content (AvgIpc) is 2.51. The first-order valence-corrected chi connectivity index (χ1v) is 8.53. The molecule has 0 aromatic carbocycles. The lowest BCUT2D eigenvalue weighted by Gasteiger charge is -2.56. The summed E-state index contributed by atoms with van der Waals surface area (Å²) in [6.07, 6.45) is 5.98. The van der Waals surface area contributed by atoms with Gasteiger partial charge in [0, 0.05) is 43.9 Å². The fourth-order valence-corrected chi connectivity index (χ4v) is 3.70. The van der Waals surface area contributed by atoms with Crippen molar-refractivity contribution < 1.29 is 4.74 Å². The van der Waals surface area contributed by atoms with E-state index in [1.54, 1.807) is 7.11 Å². The van der Waals surface area contributed by atoms with Crippen LogP contribution in [0.4, 0.5) is 0 Å². The summed E-state index contributed by atoms with van der Waals surface area (Å²) in [5, 5.41) is 3.89. The first-order chi connectivity index (χ1) is 9.53. The Balaban J connectivity index is 2.93. The van der Waals surface area contributed by atoms with E-state index >= 15 is 0 Å². The molecule has 0 radical (unpaired) electrons. The summed E-state index contributed by atoms with van der Waals surface area (Å²) in [6, 6.07) is 0.592. The number of hydrogen-bond donors (Lipinski definition) is 1.